The zero-order chi connectivity index (χ0) is 16.2. The van der Waals surface area contributed by atoms with E-state index in [4.69, 9.17) is 4.74 Å². The number of benzene rings is 1. The van der Waals surface area contributed by atoms with Crippen molar-refractivity contribution in [2.45, 2.75) is 0 Å². The first-order chi connectivity index (χ1) is 10.4. The number of hydrogen-bond acceptors (Lipinski definition) is 5. The average molecular weight is 321 g/mol. The highest BCUT2D eigenvalue weighted by Crippen LogP contribution is 2.15. The van der Waals surface area contributed by atoms with Crippen LogP contribution in [-0.4, -0.2) is 32.7 Å². The molecule has 0 aliphatic carbocycles. The lowest BCUT2D eigenvalue weighted by atomic mass is 10.2. The van der Waals surface area contributed by atoms with Crippen molar-refractivity contribution in [3.63, 3.8) is 0 Å². The van der Waals surface area contributed by atoms with E-state index < -0.39 is 10.0 Å². The van der Waals surface area contributed by atoms with Crippen molar-refractivity contribution in [2.75, 3.05) is 23.4 Å². The number of methoxy groups -OCH3 is 1. The molecule has 1 heterocycles. The average Bonchev–Trinajstić information content (AvgIpc) is 2.46. The van der Waals surface area contributed by atoms with E-state index >= 15 is 0 Å². The number of pyridine rings is 1. The van der Waals surface area contributed by atoms with E-state index in [2.05, 4.69) is 15.0 Å². The van der Waals surface area contributed by atoms with Crippen molar-refractivity contribution < 1.29 is 17.9 Å². The second-order valence-corrected chi connectivity index (χ2v) is 6.25. The van der Waals surface area contributed by atoms with Crippen molar-refractivity contribution in [2.24, 2.45) is 0 Å². The van der Waals surface area contributed by atoms with E-state index in [1.54, 1.807) is 30.3 Å². The lowest BCUT2D eigenvalue weighted by Gasteiger charge is -2.08. The van der Waals surface area contributed by atoms with Gasteiger partial charge in [-0.15, -0.1) is 0 Å². The van der Waals surface area contributed by atoms with Gasteiger partial charge in [-0.2, -0.15) is 0 Å². The van der Waals surface area contributed by atoms with Crippen LogP contribution in [0, 0.1) is 0 Å². The van der Waals surface area contributed by atoms with Crippen LogP contribution in [0.5, 0.6) is 5.88 Å². The minimum atomic E-state index is -3.39. The summed E-state index contributed by atoms with van der Waals surface area (Å²) < 4.78 is 29.7. The molecule has 0 atom stereocenters. The fourth-order valence-corrected chi connectivity index (χ4v) is 2.27. The Balaban J connectivity index is 2.13. The molecule has 2 rings (SSSR count). The monoisotopic (exact) mass is 321 g/mol. The Morgan fingerprint density at radius 2 is 1.95 bits per heavy atom. The van der Waals surface area contributed by atoms with E-state index in [0.717, 1.165) is 6.26 Å². The molecule has 1 aromatic heterocycles. The molecule has 0 unspecified atom stereocenters. The second kappa shape index (κ2) is 6.44. The lowest BCUT2D eigenvalue weighted by Crippen LogP contribution is -2.14. The number of carbonyl (C=O) groups excluding carboxylic acids is 1. The third-order valence-electron chi connectivity index (χ3n) is 2.63. The Bertz CT molecular complexity index is 773. The van der Waals surface area contributed by atoms with Crippen LogP contribution in [0.2, 0.25) is 0 Å². The van der Waals surface area contributed by atoms with Gasteiger partial charge in [0, 0.05) is 17.3 Å². The first kappa shape index (κ1) is 15.8. The van der Waals surface area contributed by atoms with E-state index in [-0.39, 0.29) is 5.91 Å². The maximum Gasteiger partial charge on any atom is 0.255 e. The quantitative estimate of drug-likeness (QED) is 0.874. The number of aromatic nitrogens is 1. The smallest absolute Gasteiger partial charge is 0.255 e. The maximum atomic E-state index is 12.1. The molecule has 0 radical (unpaired) electrons. The van der Waals surface area contributed by atoms with Crippen LogP contribution in [0.15, 0.2) is 42.6 Å². The van der Waals surface area contributed by atoms with Gasteiger partial charge in [0.05, 0.1) is 25.2 Å². The van der Waals surface area contributed by atoms with Crippen LogP contribution < -0.4 is 14.8 Å². The molecule has 7 nitrogen and oxygen atoms in total. The van der Waals surface area contributed by atoms with E-state index in [1.165, 1.54) is 19.4 Å². The highest BCUT2D eigenvalue weighted by molar-refractivity contribution is 7.92. The highest BCUT2D eigenvalue weighted by Gasteiger charge is 2.09. The van der Waals surface area contributed by atoms with E-state index in [1.807, 2.05) is 0 Å². The molecule has 0 aliphatic rings. The van der Waals surface area contributed by atoms with Crippen LogP contribution in [0.3, 0.4) is 0 Å². The summed E-state index contributed by atoms with van der Waals surface area (Å²) in [5.41, 5.74) is 1.15. The Hall–Kier alpha value is -2.61. The minimum Gasteiger partial charge on any atom is -0.481 e. The van der Waals surface area contributed by atoms with Crippen LogP contribution >= 0.6 is 0 Å². The summed E-state index contributed by atoms with van der Waals surface area (Å²) in [6.07, 6.45) is 2.51. The molecular formula is C14H15N3O4S. The molecule has 2 aromatic rings. The van der Waals surface area contributed by atoms with Crippen molar-refractivity contribution >= 4 is 27.3 Å². The minimum absolute atomic E-state index is 0.322. The van der Waals surface area contributed by atoms with Gasteiger partial charge < -0.3 is 10.1 Å². The van der Waals surface area contributed by atoms with Crippen LogP contribution in [0.1, 0.15) is 10.4 Å². The van der Waals surface area contributed by atoms with Crippen LogP contribution in [-0.2, 0) is 10.0 Å². The van der Waals surface area contributed by atoms with Crippen molar-refractivity contribution in [1.82, 2.24) is 4.98 Å². The third-order valence-corrected chi connectivity index (χ3v) is 3.24. The van der Waals surface area contributed by atoms with Gasteiger partial charge in [-0.25, -0.2) is 13.4 Å². The van der Waals surface area contributed by atoms with Crippen LogP contribution in [0.4, 0.5) is 11.4 Å². The SMILES string of the molecule is COc1ccc(NC(=O)c2cccc(NS(C)(=O)=O)c2)cn1. The van der Waals surface area contributed by atoms with Gasteiger partial charge in [-0.1, -0.05) is 6.07 Å². The fraction of sp³-hybridized carbons (Fsp3) is 0.143. The number of sulfonamides is 1. The molecule has 0 aliphatic heterocycles. The Morgan fingerprint density at radius 3 is 2.55 bits per heavy atom. The van der Waals surface area contributed by atoms with Gasteiger partial charge in [0.25, 0.3) is 5.91 Å². The molecule has 116 valence electrons. The highest BCUT2D eigenvalue weighted by atomic mass is 32.2. The Morgan fingerprint density at radius 1 is 1.18 bits per heavy atom. The van der Waals surface area contributed by atoms with Gasteiger partial charge in [-0.05, 0) is 24.3 Å². The third kappa shape index (κ3) is 4.45. The number of carbonyl (C=O) groups is 1. The first-order valence-electron chi connectivity index (χ1n) is 6.26. The predicted octanol–water partition coefficient (Wildman–Crippen LogP) is 1.71. The number of rotatable bonds is 5. The Kier molecular flexibility index (Phi) is 4.62. The van der Waals surface area contributed by atoms with Crippen molar-refractivity contribution in [3.05, 3.63) is 48.2 Å². The fourth-order valence-electron chi connectivity index (χ4n) is 1.72. The molecule has 2 N–H and O–H groups in total. The normalized spacial score (nSPS) is 10.8. The van der Waals surface area contributed by atoms with Gasteiger partial charge in [0.15, 0.2) is 0 Å². The standard InChI is InChI=1S/C14H15N3O4S/c1-21-13-7-6-12(9-15-13)16-14(18)10-4-3-5-11(8-10)17-22(2,19)20/h3-9,17H,1-2H3,(H,16,18). The summed E-state index contributed by atoms with van der Waals surface area (Å²) in [5, 5.41) is 2.67. The molecule has 1 aromatic carbocycles. The predicted molar refractivity (Wildman–Crippen MR) is 83.7 cm³/mol. The zero-order valence-electron chi connectivity index (χ0n) is 12.0. The number of amides is 1. The number of nitrogens with one attached hydrogen (secondary N) is 2. The first-order valence-corrected chi connectivity index (χ1v) is 8.16. The summed E-state index contributed by atoms with van der Waals surface area (Å²) in [6.45, 7) is 0. The second-order valence-electron chi connectivity index (χ2n) is 4.50. The van der Waals surface area contributed by atoms with Gasteiger partial charge in [-0.3, -0.25) is 9.52 Å². The van der Waals surface area contributed by atoms with E-state index in [9.17, 15) is 13.2 Å². The topological polar surface area (TPSA) is 97.4 Å². The molecule has 22 heavy (non-hydrogen) atoms. The molecule has 0 saturated heterocycles. The van der Waals surface area contributed by atoms with Gasteiger partial charge >= 0.3 is 0 Å². The summed E-state index contributed by atoms with van der Waals surface area (Å²) in [4.78, 5) is 16.1. The lowest BCUT2D eigenvalue weighted by molar-refractivity contribution is 0.102. The molecule has 1 amide bonds. The molecule has 0 spiro atoms. The molecule has 0 saturated carbocycles. The van der Waals surface area contributed by atoms with E-state index in [0.29, 0.717) is 22.8 Å². The summed E-state index contributed by atoms with van der Waals surface area (Å²) in [5.74, 6) is 0.0708. The summed E-state index contributed by atoms with van der Waals surface area (Å²) in [6, 6.07) is 9.47. The van der Waals surface area contributed by atoms with Crippen molar-refractivity contribution in [1.29, 1.82) is 0 Å². The number of hydrogen-bond donors (Lipinski definition) is 2. The van der Waals surface area contributed by atoms with Gasteiger partial charge in [0.2, 0.25) is 15.9 Å². The van der Waals surface area contributed by atoms with Crippen LogP contribution in [0.25, 0.3) is 0 Å². The van der Waals surface area contributed by atoms with Gasteiger partial charge in [0.1, 0.15) is 0 Å². The largest absolute Gasteiger partial charge is 0.481 e. The molecular weight excluding hydrogens is 306 g/mol. The number of nitrogens with zero attached hydrogens (tertiary/aromatic N) is 1. The molecule has 0 fully saturated rings. The molecule has 0 bridgehead atoms. The number of anilines is 2. The summed E-state index contributed by atoms with van der Waals surface area (Å²) in [7, 11) is -1.89. The summed E-state index contributed by atoms with van der Waals surface area (Å²) >= 11 is 0. The Labute approximate surface area is 128 Å². The zero-order valence-corrected chi connectivity index (χ0v) is 12.8. The number of ether oxygens (including phenoxy) is 1. The maximum absolute atomic E-state index is 12.1. The molecule has 8 heteroatoms. The van der Waals surface area contributed by atoms with Crippen molar-refractivity contribution in [3.8, 4) is 5.88 Å².